The van der Waals surface area contributed by atoms with Gasteiger partial charge in [-0.3, -0.25) is 0 Å². The maximum absolute atomic E-state index is 14.0. The highest BCUT2D eigenvalue weighted by atomic mass is 79.9. The number of rotatable bonds is 9. The van der Waals surface area contributed by atoms with Gasteiger partial charge in [-0.2, -0.15) is 0 Å². The maximum atomic E-state index is 14.0. The van der Waals surface area contributed by atoms with Crippen LogP contribution in [0.2, 0.25) is 0 Å². The highest BCUT2D eigenvalue weighted by Crippen LogP contribution is 2.25. The molecule has 27 heavy (non-hydrogen) atoms. The molecule has 2 aromatic rings. The molecule has 0 heterocycles. The van der Waals surface area contributed by atoms with Crippen molar-refractivity contribution in [3.63, 3.8) is 0 Å². The van der Waals surface area contributed by atoms with Crippen LogP contribution in [-0.2, 0) is 19.6 Å². The largest absolute Gasteiger partial charge is 0.479 e. The van der Waals surface area contributed by atoms with Crippen molar-refractivity contribution in [3.05, 3.63) is 52.8 Å². The second-order valence-electron chi connectivity index (χ2n) is 5.16. The Morgan fingerprint density at radius 3 is 2.56 bits per heavy atom. The van der Waals surface area contributed by atoms with E-state index in [0.29, 0.717) is 10.6 Å². The summed E-state index contributed by atoms with van der Waals surface area (Å²) in [5, 5.41) is 0. The van der Waals surface area contributed by atoms with Crippen molar-refractivity contribution in [2.24, 2.45) is 0 Å². The molecule has 0 saturated heterocycles. The fraction of sp³-hybridized carbons (Fsp3) is 0.235. The van der Waals surface area contributed by atoms with E-state index >= 15 is 0 Å². The van der Waals surface area contributed by atoms with Crippen LogP contribution in [0.5, 0.6) is 5.75 Å². The Balaban J connectivity index is 1.83. The fourth-order valence-electron chi connectivity index (χ4n) is 1.93. The number of nitrogens with one attached hydrogen (secondary N) is 1. The molecule has 1 N–H and O–H groups in total. The van der Waals surface area contributed by atoms with E-state index in [1.165, 1.54) is 43.1 Å². The average Bonchev–Trinajstić information content (AvgIpc) is 2.64. The first-order valence-electron chi connectivity index (χ1n) is 7.69. The summed E-state index contributed by atoms with van der Waals surface area (Å²) < 4.78 is 51.0. The van der Waals surface area contributed by atoms with E-state index in [9.17, 15) is 17.6 Å². The third kappa shape index (κ3) is 6.80. The van der Waals surface area contributed by atoms with Crippen LogP contribution >= 0.6 is 27.7 Å². The van der Waals surface area contributed by atoms with Gasteiger partial charge < -0.3 is 9.47 Å². The minimum Gasteiger partial charge on any atom is -0.479 e. The summed E-state index contributed by atoms with van der Waals surface area (Å²) in [7, 11) is -2.37. The summed E-state index contributed by atoms with van der Waals surface area (Å²) in [5.74, 6) is -0.858. The molecule has 0 unspecified atom stereocenters. The van der Waals surface area contributed by atoms with E-state index in [4.69, 9.17) is 4.74 Å². The van der Waals surface area contributed by atoms with Crippen LogP contribution < -0.4 is 9.46 Å². The van der Waals surface area contributed by atoms with Crippen LogP contribution in [0.15, 0.2) is 56.7 Å². The Morgan fingerprint density at radius 1 is 1.22 bits per heavy atom. The molecule has 0 spiro atoms. The summed E-state index contributed by atoms with van der Waals surface area (Å²) in [6, 6.07) is 10.6. The van der Waals surface area contributed by atoms with Gasteiger partial charge in [-0.15, -0.1) is 11.8 Å². The maximum Gasteiger partial charge on any atom is 0.343 e. The Kier molecular flexibility index (Phi) is 8.08. The minimum atomic E-state index is -3.59. The predicted octanol–water partition coefficient (Wildman–Crippen LogP) is 3.21. The molecule has 10 heteroatoms. The number of hydrogen-bond acceptors (Lipinski definition) is 6. The Bertz CT molecular complexity index is 891. The predicted molar refractivity (Wildman–Crippen MR) is 104 cm³/mol. The van der Waals surface area contributed by atoms with E-state index < -0.39 is 21.8 Å². The third-order valence-electron chi connectivity index (χ3n) is 3.26. The lowest BCUT2D eigenvalue weighted by Gasteiger charge is -2.09. The topological polar surface area (TPSA) is 81.7 Å². The number of esters is 1. The van der Waals surface area contributed by atoms with Crippen LogP contribution in [0.25, 0.3) is 0 Å². The number of hydrogen-bond donors (Lipinski definition) is 1. The molecule has 146 valence electrons. The van der Waals surface area contributed by atoms with Gasteiger partial charge in [-0.05, 0) is 42.5 Å². The fourth-order valence-corrected chi connectivity index (χ4v) is 4.14. The lowest BCUT2D eigenvalue weighted by molar-refractivity contribution is -0.142. The van der Waals surface area contributed by atoms with Crippen LogP contribution in [0, 0.1) is 5.82 Å². The number of halogens is 2. The van der Waals surface area contributed by atoms with Gasteiger partial charge >= 0.3 is 5.97 Å². The summed E-state index contributed by atoms with van der Waals surface area (Å²) in [6.45, 7) is -0.191. The molecule has 2 rings (SSSR count). The standard InChI is InChI=1S/C17H17BrFNO5S2/c1-24-17(21)11-25-16-7-4-13(10-15(16)19)26-9-8-20-27(22,23)14-5-2-12(18)3-6-14/h2-7,10,20H,8-9,11H2,1H3. The molecule has 0 fully saturated rings. The summed E-state index contributed by atoms with van der Waals surface area (Å²) in [5.41, 5.74) is 0. The zero-order chi connectivity index (χ0) is 19.9. The molecule has 0 aliphatic rings. The molecule has 0 atom stereocenters. The quantitative estimate of drug-likeness (QED) is 0.339. The molecule has 6 nitrogen and oxygen atoms in total. The normalized spacial score (nSPS) is 11.2. The van der Waals surface area contributed by atoms with E-state index in [0.717, 1.165) is 4.47 Å². The Morgan fingerprint density at radius 2 is 1.93 bits per heavy atom. The van der Waals surface area contributed by atoms with Gasteiger partial charge in [-0.25, -0.2) is 22.3 Å². The monoisotopic (exact) mass is 477 g/mol. The molecule has 0 radical (unpaired) electrons. The lowest BCUT2D eigenvalue weighted by Crippen LogP contribution is -2.25. The van der Waals surface area contributed by atoms with Gasteiger partial charge in [0.2, 0.25) is 10.0 Å². The van der Waals surface area contributed by atoms with Crippen LogP contribution in [0.4, 0.5) is 4.39 Å². The SMILES string of the molecule is COC(=O)COc1ccc(SCCNS(=O)(=O)c2ccc(Br)cc2)cc1F. The second kappa shape index (κ2) is 10.1. The summed E-state index contributed by atoms with van der Waals surface area (Å²) in [4.78, 5) is 11.8. The molecule has 2 aromatic carbocycles. The smallest absolute Gasteiger partial charge is 0.343 e. The molecule has 0 aliphatic heterocycles. The second-order valence-corrected chi connectivity index (χ2v) is 9.01. The molecule has 0 saturated carbocycles. The van der Waals surface area contributed by atoms with Crippen molar-refractivity contribution in [3.8, 4) is 5.75 Å². The van der Waals surface area contributed by atoms with E-state index in [1.807, 2.05) is 0 Å². The highest BCUT2D eigenvalue weighted by molar-refractivity contribution is 9.10. The van der Waals surface area contributed by atoms with Crippen LogP contribution in [0.3, 0.4) is 0 Å². The van der Waals surface area contributed by atoms with E-state index in [1.54, 1.807) is 18.2 Å². The van der Waals surface area contributed by atoms with Crippen molar-refractivity contribution in [1.82, 2.24) is 4.72 Å². The number of ether oxygens (including phenoxy) is 2. The number of carbonyl (C=O) groups excluding carboxylic acids is 1. The summed E-state index contributed by atoms with van der Waals surface area (Å²) >= 11 is 4.54. The number of sulfonamides is 1. The molecular weight excluding hydrogens is 461 g/mol. The molecular formula is C17H17BrFNO5S2. The van der Waals surface area contributed by atoms with Gasteiger partial charge in [0.05, 0.1) is 12.0 Å². The van der Waals surface area contributed by atoms with Crippen molar-refractivity contribution in [2.75, 3.05) is 26.0 Å². The number of thioether (sulfide) groups is 1. The highest BCUT2D eigenvalue weighted by Gasteiger charge is 2.13. The molecule has 0 aliphatic carbocycles. The van der Waals surface area contributed by atoms with Gasteiger partial charge in [-0.1, -0.05) is 15.9 Å². The van der Waals surface area contributed by atoms with E-state index in [2.05, 4.69) is 25.4 Å². The average molecular weight is 478 g/mol. The number of benzene rings is 2. The zero-order valence-corrected chi connectivity index (χ0v) is 17.5. The first-order valence-corrected chi connectivity index (χ1v) is 10.9. The van der Waals surface area contributed by atoms with Crippen LogP contribution in [0.1, 0.15) is 0 Å². The van der Waals surface area contributed by atoms with Gasteiger partial charge in [0.25, 0.3) is 0 Å². The van der Waals surface area contributed by atoms with Crippen molar-refractivity contribution >= 4 is 43.7 Å². The Labute approximate surface area is 169 Å². The van der Waals surface area contributed by atoms with Gasteiger partial charge in [0.1, 0.15) is 0 Å². The number of methoxy groups -OCH3 is 1. The Hall–Kier alpha value is -1.62. The molecule has 0 bridgehead atoms. The lowest BCUT2D eigenvalue weighted by atomic mass is 10.3. The van der Waals surface area contributed by atoms with Crippen molar-refractivity contribution in [2.45, 2.75) is 9.79 Å². The molecule has 0 amide bonds. The number of carbonyl (C=O) groups is 1. The van der Waals surface area contributed by atoms with Gasteiger partial charge in [0.15, 0.2) is 18.2 Å². The van der Waals surface area contributed by atoms with Crippen molar-refractivity contribution in [1.29, 1.82) is 0 Å². The van der Waals surface area contributed by atoms with Crippen LogP contribution in [-0.4, -0.2) is 40.4 Å². The van der Waals surface area contributed by atoms with E-state index in [-0.39, 0.29) is 23.8 Å². The summed E-state index contributed by atoms with van der Waals surface area (Å²) in [6.07, 6.45) is 0. The van der Waals surface area contributed by atoms with Gasteiger partial charge in [0, 0.05) is 21.7 Å². The molecule has 0 aromatic heterocycles. The van der Waals surface area contributed by atoms with Crippen molar-refractivity contribution < 1.29 is 27.1 Å². The zero-order valence-electron chi connectivity index (χ0n) is 14.3. The first-order chi connectivity index (χ1) is 12.8. The minimum absolute atomic E-state index is 0.0549. The first kappa shape index (κ1) is 21.7. The third-order valence-corrected chi connectivity index (χ3v) is 6.26.